The summed E-state index contributed by atoms with van der Waals surface area (Å²) in [6, 6.07) is 4.83. The summed E-state index contributed by atoms with van der Waals surface area (Å²) in [7, 11) is -3.70. The highest BCUT2D eigenvalue weighted by Crippen LogP contribution is 2.45. The van der Waals surface area contributed by atoms with E-state index in [0.29, 0.717) is 0 Å². The van der Waals surface area contributed by atoms with Gasteiger partial charge in [-0.2, -0.15) is 13.2 Å². The zero-order valence-electron chi connectivity index (χ0n) is 7.88. The smallest absolute Gasteiger partial charge is 0.318 e. The van der Waals surface area contributed by atoms with E-state index < -0.39 is 25.3 Å². The van der Waals surface area contributed by atoms with Crippen LogP contribution in [0.1, 0.15) is 0 Å². The third kappa shape index (κ3) is 3.34. The minimum Gasteiger partial charge on any atom is -0.318 e. The Kier molecular flexibility index (Phi) is 3.24. The van der Waals surface area contributed by atoms with Gasteiger partial charge in [0.05, 0.1) is 0 Å². The third-order valence-electron chi connectivity index (χ3n) is 1.84. The van der Waals surface area contributed by atoms with Crippen molar-refractivity contribution in [3.8, 4) is 0 Å². The molecule has 1 rings (SSSR count). The van der Waals surface area contributed by atoms with Crippen LogP contribution in [-0.4, -0.2) is 19.0 Å². The molecule has 84 valence electrons. The van der Waals surface area contributed by atoms with Crippen LogP contribution in [0.15, 0.2) is 24.3 Å². The predicted octanol–water partition coefficient (Wildman–Crippen LogP) is 3.01. The maximum atomic E-state index is 13.1. The summed E-state index contributed by atoms with van der Waals surface area (Å²) in [5, 5.41) is -0.345. The van der Waals surface area contributed by atoms with Crippen molar-refractivity contribution in [2.45, 2.75) is 6.18 Å². The number of rotatable bonds is 2. The van der Waals surface area contributed by atoms with E-state index in [1.54, 1.807) is 0 Å². The number of halogens is 4. The summed E-state index contributed by atoms with van der Waals surface area (Å²) < 4.78 is 61.0. The molecule has 0 aromatic heterocycles. The van der Waals surface area contributed by atoms with Crippen LogP contribution in [0.2, 0.25) is 0 Å². The molecule has 0 saturated heterocycles. The van der Waals surface area contributed by atoms with Gasteiger partial charge in [0.1, 0.15) is 19.1 Å². The first-order valence-electron chi connectivity index (χ1n) is 4.11. The molecule has 1 aromatic carbocycles. The average Bonchev–Trinajstić information content (AvgIpc) is 1.99. The number of hydrogen-bond acceptors (Lipinski definition) is 1. The summed E-state index contributed by atoms with van der Waals surface area (Å²) in [4.78, 5) is 0. The van der Waals surface area contributed by atoms with Gasteiger partial charge >= 0.3 is 6.18 Å². The Bertz CT molecular complexity index is 399. The SMILES string of the molecule is CP(=O)(CC(F)(F)F)c1ccccc1F. The molecule has 0 aliphatic rings. The zero-order valence-corrected chi connectivity index (χ0v) is 8.78. The van der Waals surface area contributed by atoms with Crippen LogP contribution in [0.5, 0.6) is 0 Å². The highest BCUT2D eigenvalue weighted by Gasteiger charge is 2.38. The lowest BCUT2D eigenvalue weighted by Crippen LogP contribution is -2.21. The van der Waals surface area contributed by atoms with E-state index >= 15 is 0 Å². The third-order valence-corrected chi connectivity index (χ3v) is 4.19. The fraction of sp³-hybridized carbons (Fsp3) is 0.333. The van der Waals surface area contributed by atoms with Gasteiger partial charge in [0.15, 0.2) is 0 Å². The van der Waals surface area contributed by atoms with Crippen LogP contribution >= 0.6 is 7.14 Å². The van der Waals surface area contributed by atoms with Gasteiger partial charge in [-0.15, -0.1) is 0 Å². The molecule has 6 heteroatoms. The van der Waals surface area contributed by atoms with E-state index in [9.17, 15) is 22.1 Å². The second kappa shape index (κ2) is 3.97. The largest absolute Gasteiger partial charge is 0.396 e. The van der Waals surface area contributed by atoms with Gasteiger partial charge in [-0.3, -0.25) is 0 Å². The van der Waals surface area contributed by atoms with E-state index in [1.165, 1.54) is 12.1 Å². The number of hydrogen-bond donors (Lipinski definition) is 0. The van der Waals surface area contributed by atoms with Gasteiger partial charge in [0, 0.05) is 5.30 Å². The average molecular weight is 240 g/mol. The van der Waals surface area contributed by atoms with E-state index in [4.69, 9.17) is 0 Å². The number of alkyl halides is 3. The van der Waals surface area contributed by atoms with Crippen molar-refractivity contribution in [1.29, 1.82) is 0 Å². The first-order valence-corrected chi connectivity index (χ1v) is 6.45. The molecule has 0 spiro atoms. The van der Waals surface area contributed by atoms with Gasteiger partial charge in [-0.05, 0) is 18.8 Å². The molecular formula is C9H9F4OP. The van der Waals surface area contributed by atoms with Gasteiger partial charge in [0.25, 0.3) is 0 Å². The maximum Gasteiger partial charge on any atom is 0.396 e. The standard InChI is InChI=1S/C9H9F4OP/c1-15(14,6-9(11,12)13)8-5-3-2-4-7(8)10/h2-5H,6H2,1H3. The summed E-state index contributed by atoms with van der Waals surface area (Å²) in [5.74, 6) is -0.854. The van der Waals surface area contributed by atoms with Crippen LogP contribution in [-0.2, 0) is 4.57 Å². The minimum absolute atomic E-state index is 0.345. The van der Waals surface area contributed by atoms with Gasteiger partial charge < -0.3 is 4.57 Å². The molecule has 0 heterocycles. The van der Waals surface area contributed by atoms with Crippen LogP contribution < -0.4 is 5.30 Å². The van der Waals surface area contributed by atoms with Crippen molar-refractivity contribution < 1.29 is 22.1 Å². The molecular weight excluding hydrogens is 231 g/mol. The summed E-state index contributed by atoms with van der Waals surface area (Å²) in [6.45, 7) is 0.943. The van der Waals surface area contributed by atoms with Crippen LogP contribution in [0.3, 0.4) is 0 Å². The molecule has 0 radical (unpaired) electrons. The molecule has 1 unspecified atom stereocenters. The Morgan fingerprint density at radius 2 is 1.80 bits per heavy atom. The van der Waals surface area contributed by atoms with Crippen molar-refractivity contribution in [3.05, 3.63) is 30.1 Å². The summed E-state index contributed by atoms with van der Waals surface area (Å²) >= 11 is 0. The van der Waals surface area contributed by atoms with E-state index in [1.807, 2.05) is 0 Å². The highest BCUT2D eigenvalue weighted by molar-refractivity contribution is 7.70. The quantitative estimate of drug-likeness (QED) is 0.573. The second-order valence-electron chi connectivity index (χ2n) is 3.33. The molecule has 1 aromatic rings. The second-order valence-corrected chi connectivity index (χ2v) is 6.33. The molecule has 1 atom stereocenters. The van der Waals surface area contributed by atoms with E-state index in [0.717, 1.165) is 18.8 Å². The number of benzene rings is 1. The molecule has 15 heavy (non-hydrogen) atoms. The molecule has 0 amide bonds. The Morgan fingerprint density at radius 1 is 1.27 bits per heavy atom. The Labute approximate surface area is 84.5 Å². The molecule has 0 bridgehead atoms. The molecule has 0 N–H and O–H groups in total. The van der Waals surface area contributed by atoms with Gasteiger partial charge in [-0.1, -0.05) is 12.1 Å². The van der Waals surface area contributed by atoms with Crippen LogP contribution in [0, 0.1) is 5.82 Å². The summed E-state index contributed by atoms with van der Waals surface area (Å²) in [6.07, 6.45) is -6.02. The molecule has 0 aliphatic heterocycles. The monoisotopic (exact) mass is 240 g/mol. The van der Waals surface area contributed by atoms with Gasteiger partial charge in [-0.25, -0.2) is 4.39 Å². The van der Waals surface area contributed by atoms with Crippen molar-refractivity contribution in [2.75, 3.05) is 12.8 Å². The van der Waals surface area contributed by atoms with Crippen LogP contribution in [0.4, 0.5) is 17.6 Å². The summed E-state index contributed by atoms with van der Waals surface area (Å²) in [5.41, 5.74) is 0. The van der Waals surface area contributed by atoms with E-state index in [2.05, 4.69) is 0 Å². The fourth-order valence-corrected chi connectivity index (χ4v) is 3.05. The van der Waals surface area contributed by atoms with E-state index in [-0.39, 0.29) is 5.30 Å². The molecule has 0 fully saturated rings. The van der Waals surface area contributed by atoms with Crippen molar-refractivity contribution >= 4 is 12.4 Å². The molecule has 0 saturated carbocycles. The lowest BCUT2D eigenvalue weighted by atomic mass is 10.3. The normalized spacial score (nSPS) is 16.1. The lowest BCUT2D eigenvalue weighted by Gasteiger charge is -2.15. The Balaban J connectivity index is 3.07. The zero-order chi connectivity index (χ0) is 11.7. The molecule has 0 aliphatic carbocycles. The Morgan fingerprint density at radius 3 is 2.27 bits per heavy atom. The van der Waals surface area contributed by atoms with Crippen molar-refractivity contribution in [3.63, 3.8) is 0 Å². The molecule has 1 nitrogen and oxygen atoms in total. The first kappa shape index (κ1) is 12.2. The minimum atomic E-state index is -4.55. The van der Waals surface area contributed by atoms with Crippen molar-refractivity contribution in [2.24, 2.45) is 0 Å². The fourth-order valence-electron chi connectivity index (χ4n) is 1.26. The topological polar surface area (TPSA) is 17.1 Å². The maximum absolute atomic E-state index is 13.1. The van der Waals surface area contributed by atoms with Gasteiger partial charge in [0.2, 0.25) is 0 Å². The predicted molar refractivity (Wildman–Crippen MR) is 50.5 cm³/mol. The highest BCUT2D eigenvalue weighted by atomic mass is 31.2. The first-order chi connectivity index (χ1) is 6.72. The van der Waals surface area contributed by atoms with Crippen LogP contribution in [0.25, 0.3) is 0 Å². The lowest BCUT2D eigenvalue weighted by molar-refractivity contribution is -0.106. The van der Waals surface area contributed by atoms with Crippen molar-refractivity contribution in [1.82, 2.24) is 0 Å². The Hall–Kier alpha value is -0.830.